The molecule has 0 aromatic heterocycles. The summed E-state index contributed by atoms with van der Waals surface area (Å²) < 4.78 is 5.04. The molecule has 0 radical (unpaired) electrons. The van der Waals surface area contributed by atoms with Crippen LogP contribution in [0.25, 0.3) is 0 Å². The molecule has 2 heterocycles. The Morgan fingerprint density at radius 3 is 2.78 bits per heavy atom. The maximum absolute atomic E-state index is 12.6. The van der Waals surface area contributed by atoms with E-state index in [9.17, 15) is 10.0 Å². The number of hydroxylamine groups is 3. The smallest absolute Gasteiger partial charge is 0.248 e. The Hall–Kier alpha value is -0.650. The van der Waals surface area contributed by atoms with E-state index in [-0.39, 0.29) is 23.2 Å². The minimum absolute atomic E-state index is 0.0570. The Kier molecular flexibility index (Phi) is 4.59. The summed E-state index contributed by atoms with van der Waals surface area (Å²) in [5, 5.41) is 12.6. The second-order valence-electron chi connectivity index (χ2n) is 5.53. The molecule has 104 valence electrons. The van der Waals surface area contributed by atoms with Gasteiger partial charge in [-0.3, -0.25) is 4.79 Å². The molecule has 2 rings (SSSR count). The van der Waals surface area contributed by atoms with Crippen molar-refractivity contribution in [1.29, 1.82) is 0 Å². The largest absolute Gasteiger partial charge is 0.633 e. The minimum Gasteiger partial charge on any atom is -0.633 e. The van der Waals surface area contributed by atoms with Crippen LogP contribution < -0.4 is 0 Å². The molecule has 2 aliphatic rings. The van der Waals surface area contributed by atoms with Crippen LogP contribution in [0.5, 0.6) is 0 Å². The zero-order valence-corrected chi connectivity index (χ0v) is 11.3. The third kappa shape index (κ3) is 3.22. The predicted molar refractivity (Wildman–Crippen MR) is 68.7 cm³/mol. The zero-order chi connectivity index (χ0) is 13.0. The van der Waals surface area contributed by atoms with Crippen molar-refractivity contribution in [2.75, 3.05) is 39.4 Å². The van der Waals surface area contributed by atoms with Crippen LogP contribution in [0.4, 0.5) is 0 Å². The normalized spacial score (nSPS) is 26.1. The van der Waals surface area contributed by atoms with E-state index >= 15 is 0 Å². The molecule has 0 bridgehead atoms. The first-order chi connectivity index (χ1) is 8.62. The quantitative estimate of drug-likeness (QED) is 0.559. The first-order valence-corrected chi connectivity index (χ1v) is 7.05. The molecule has 5 heteroatoms. The van der Waals surface area contributed by atoms with Gasteiger partial charge in [0.2, 0.25) is 5.91 Å². The number of carbonyl (C=O) groups is 1. The third-order valence-electron chi connectivity index (χ3n) is 4.28. The highest BCUT2D eigenvalue weighted by molar-refractivity contribution is 5.77. The van der Waals surface area contributed by atoms with Gasteiger partial charge >= 0.3 is 0 Å². The van der Waals surface area contributed by atoms with Crippen LogP contribution in [-0.2, 0) is 9.53 Å². The molecule has 0 aromatic rings. The molecule has 18 heavy (non-hydrogen) atoms. The molecule has 5 nitrogen and oxygen atoms in total. The van der Waals surface area contributed by atoms with Crippen molar-refractivity contribution < 1.29 is 14.2 Å². The number of amides is 1. The van der Waals surface area contributed by atoms with Crippen LogP contribution in [0, 0.1) is 5.21 Å². The number of quaternary nitrogens is 1. The second-order valence-corrected chi connectivity index (χ2v) is 5.53. The molecular weight excluding hydrogens is 232 g/mol. The van der Waals surface area contributed by atoms with Crippen LogP contribution in [0.15, 0.2) is 0 Å². The van der Waals surface area contributed by atoms with Crippen LogP contribution in [0.2, 0.25) is 0 Å². The Bertz CT molecular complexity index is 290. The summed E-state index contributed by atoms with van der Waals surface area (Å²) in [5.74, 6) is 0.0598. The maximum Gasteiger partial charge on any atom is 0.248 e. The highest BCUT2D eigenvalue weighted by Gasteiger charge is 2.28. The van der Waals surface area contributed by atoms with Crippen LogP contribution in [0.1, 0.15) is 32.6 Å². The fourth-order valence-electron chi connectivity index (χ4n) is 2.85. The molecule has 2 fully saturated rings. The van der Waals surface area contributed by atoms with Gasteiger partial charge in [0.05, 0.1) is 25.7 Å². The van der Waals surface area contributed by atoms with Gasteiger partial charge in [-0.2, -0.15) is 0 Å². The predicted octanol–water partition coefficient (Wildman–Crippen LogP) is 1.12. The van der Waals surface area contributed by atoms with Gasteiger partial charge in [0.1, 0.15) is 6.61 Å². The lowest BCUT2D eigenvalue weighted by Crippen LogP contribution is -2.53. The number of likely N-dealkylation sites (tertiary alicyclic amines) is 1. The number of carbonyl (C=O) groups excluding carboxylic acids is 1. The third-order valence-corrected chi connectivity index (χ3v) is 4.28. The van der Waals surface area contributed by atoms with Gasteiger partial charge in [0, 0.05) is 19.5 Å². The SMILES string of the molecule is CC(CCN1CCOCC1=O)[N+]1([O-])CCCCC1. The van der Waals surface area contributed by atoms with E-state index in [1.807, 2.05) is 11.8 Å². The first kappa shape index (κ1) is 13.8. The van der Waals surface area contributed by atoms with Crippen LogP contribution in [-0.4, -0.2) is 60.9 Å². The van der Waals surface area contributed by atoms with Crippen molar-refractivity contribution in [3.63, 3.8) is 0 Å². The lowest BCUT2D eigenvalue weighted by atomic mass is 10.1. The summed E-state index contributed by atoms with van der Waals surface area (Å²) in [6, 6.07) is 0.0981. The van der Waals surface area contributed by atoms with Gasteiger partial charge in [0.15, 0.2) is 0 Å². The van der Waals surface area contributed by atoms with E-state index < -0.39 is 0 Å². The van der Waals surface area contributed by atoms with Gasteiger partial charge < -0.3 is 19.5 Å². The number of nitrogens with zero attached hydrogens (tertiary/aromatic N) is 2. The minimum atomic E-state index is -0.0570. The second kappa shape index (κ2) is 5.99. The summed E-state index contributed by atoms with van der Waals surface area (Å²) in [5.41, 5.74) is 0. The Morgan fingerprint density at radius 1 is 1.39 bits per heavy atom. The molecule has 0 aliphatic carbocycles. The molecule has 0 aromatic carbocycles. The molecule has 2 aliphatic heterocycles. The molecule has 1 unspecified atom stereocenters. The molecule has 1 amide bonds. The Balaban J connectivity index is 1.79. The highest BCUT2D eigenvalue weighted by Crippen LogP contribution is 2.23. The number of hydrogen-bond acceptors (Lipinski definition) is 3. The summed E-state index contributed by atoms with van der Waals surface area (Å²) >= 11 is 0. The molecular formula is C13H24N2O3. The summed E-state index contributed by atoms with van der Waals surface area (Å²) in [7, 11) is 0. The van der Waals surface area contributed by atoms with Gasteiger partial charge in [-0.25, -0.2) is 0 Å². The maximum atomic E-state index is 12.6. The summed E-state index contributed by atoms with van der Waals surface area (Å²) in [6.07, 6.45) is 4.08. The van der Waals surface area contributed by atoms with Crippen molar-refractivity contribution >= 4 is 5.91 Å². The van der Waals surface area contributed by atoms with E-state index in [0.717, 1.165) is 32.4 Å². The lowest BCUT2D eigenvalue weighted by Gasteiger charge is -2.50. The zero-order valence-electron chi connectivity index (χ0n) is 11.3. The van der Waals surface area contributed by atoms with Gasteiger partial charge in [-0.15, -0.1) is 0 Å². The summed E-state index contributed by atoms with van der Waals surface area (Å²) in [4.78, 5) is 13.4. The van der Waals surface area contributed by atoms with Gasteiger partial charge in [-0.1, -0.05) is 0 Å². The average molecular weight is 256 g/mol. The van der Waals surface area contributed by atoms with Crippen molar-refractivity contribution in [3.05, 3.63) is 5.21 Å². The molecule has 2 saturated heterocycles. The van der Waals surface area contributed by atoms with E-state index in [4.69, 9.17) is 4.74 Å². The number of rotatable bonds is 4. The van der Waals surface area contributed by atoms with Crippen molar-refractivity contribution in [1.82, 2.24) is 4.90 Å². The number of piperidine rings is 1. The molecule has 0 N–H and O–H groups in total. The number of morpholine rings is 1. The van der Waals surface area contributed by atoms with E-state index in [1.54, 1.807) is 0 Å². The fraction of sp³-hybridized carbons (Fsp3) is 0.923. The first-order valence-electron chi connectivity index (χ1n) is 7.05. The highest BCUT2D eigenvalue weighted by atomic mass is 16.5. The summed E-state index contributed by atoms with van der Waals surface area (Å²) in [6.45, 7) is 5.72. The standard InChI is InChI=1S/C13H24N2O3/c1-12(15(17)8-3-2-4-9-15)5-6-14-7-10-18-11-13(14)16/h12H,2-11H2,1H3. The van der Waals surface area contributed by atoms with Gasteiger partial charge in [0.25, 0.3) is 0 Å². The van der Waals surface area contributed by atoms with Crippen molar-refractivity contribution in [2.45, 2.75) is 38.6 Å². The molecule has 0 spiro atoms. The fourth-order valence-corrected chi connectivity index (χ4v) is 2.85. The van der Waals surface area contributed by atoms with Crippen molar-refractivity contribution in [2.24, 2.45) is 0 Å². The van der Waals surface area contributed by atoms with E-state index in [2.05, 4.69) is 0 Å². The van der Waals surface area contributed by atoms with Gasteiger partial charge in [-0.05, 0) is 26.2 Å². The monoisotopic (exact) mass is 256 g/mol. The lowest BCUT2D eigenvalue weighted by molar-refractivity contribution is -0.908. The molecule has 1 atom stereocenters. The van der Waals surface area contributed by atoms with E-state index in [1.165, 1.54) is 6.42 Å². The topological polar surface area (TPSA) is 52.6 Å². The average Bonchev–Trinajstić information content (AvgIpc) is 2.38. The molecule has 0 saturated carbocycles. The number of hydrogen-bond donors (Lipinski definition) is 0. The van der Waals surface area contributed by atoms with Crippen LogP contribution in [0.3, 0.4) is 0 Å². The Labute approximate surface area is 109 Å². The number of ether oxygens (including phenoxy) is 1. The van der Waals surface area contributed by atoms with Crippen molar-refractivity contribution in [3.8, 4) is 0 Å². The Morgan fingerprint density at radius 2 is 2.11 bits per heavy atom. The van der Waals surface area contributed by atoms with E-state index in [0.29, 0.717) is 19.7 Å². The van der Waals surface area contributed by atoms with Crippen LogP contribution >= 0.6 is 0 Å².